The average molecular weight is 249 g/mol. The Bertz CT molecular complexity index is 371. The highest BCUT2D eigenvalue weighted by Crippen LogP contribution is 2.31. The zero-order valence-electron chi connectivity index (χ0n) is 11.4. The van der Waals surface area contributed by atoms with E-state index in [9.17, 15) is 0 Å². The van der Waals surface area contributed by atoms with E-state index in [4.69, 9.17) is 9.47 Å². The van der Waals surface area contributed by atoms with Crippen molar-refractivity contribution in [2.24, 2.45) is 0 Å². The number of benzene rings is 1. The summed E-state index contributed by atoms with van der Waals surface area (Å²) in [6.07, 6.45) is 7.88. The van der Waals surface area contributed by atoms with Crippen LogP contribution in [0.3, 0.4) is 0 Å². The Labute approximate surface area is 109 Å². The number of hydrogen-bond donors (Lipinski definition) is 1. The van der Waals surface area contributed by atoms with Crippen molar-refractivity contribution in [3.63, 3.8) is 0 Å². The second-order valence-corrected chi connectivity index (χ2v) is 4.90. The lowest BCUT2D eigenvalue weighted by Gasteiger charge is -2.20. The van der Waals surface area contributed by atoms with Gasteiger partial charge in [-0.3, -0.25) is 0 Å². The monoisotopic (exact) mass is 249 g/mol. The highest BCUT2D eigenvalue weighted by molar-refractivity contribution is 5.60. The predicted molar refractivity (Wildman–Crippen MR) is 74.7 cm³/mol. The highest BCUT2D eigenvalue weighted by atomic mass is 16.5. The molecule has 0 aliphatic heterocycles. The summed E-state index contributed by atoms with van der Waals surface area (Å²) in [6.45, 7) is 0. The molecule has 100 valence electrons. The first kappa shape index (κ1) is 13.1. The molecule has 0 bridgehead atoms. The Morgan fingerprint density at radius 1 is 1.00 bits per heavy atom. The van der Waals surface area contributed by atoms with E-state index in [1.54, 1.807) is 14.2 Å². The van der Waals surface area contributed by atoms with Gasteiger partial charge in [0, 0.05) is 12.1 Å². The van der Waals surface area contributed by atoms with E-state index < -0.39 is 0 Å². The van der Waals surface area contributed by atoms with Crippen molar-refractivity contribution in [2.45, 2.75) is 44.6 Å². The smallest absolute Gasteiger partial charge is 0.142 e. The second-order valence-electron chi connectivity index (χ2n) is 4.90. The Morgan fingerprint density at radius 3 is 2.33 bits per heavy atom. The maximum absolute atomic E-state index is 5.40. The summed E-state index contributed by atoms with van der Waals surface area (Å²) in [5.74, 6) is 1.76. The topological polar surface area (TPSA) is 30.5 Å². The Hall–Kier alpha value is -1.38. The van der Waals surface area contributed by atoms with E-state index in [-0.39, 0.29) is 0 Å². The van der Waals surface area contributed by atoms with Crippen LogP contribution in [0.4, 0.5) is 5.69 Å². The van der Waals surface area contributed by atoms with Gasteiger partial charge in [-0.1, -0.05) is 25.7 Å². The Morgan fingerprint density at radius 2 is 1.72 bits per heavy atom. The number of hydrogen-bond acceptors (Lipinski definition) is 3. The lowest BCUT2D eigenvalue weighted by Crippen LogP contribution is -2.18. The number of methoxy groups -OCH3 is 2. The van der Waals surface area contributed by atoms with E-state index in [0.717, 1.165) is 17.2 Å². The first-order chi connectivity index (χ1) is 8.83. The Kier molecular flexibility index (Phi) is 4.73. The molecule has 1 fully saturated rings. The molecule has 2 rings (SSSR count). The number of rotatable bonds is 4. The predicted octanol–water partition coefficient (Wildman–Crippen LogP) is 3.84. The standard InChI is InChI=1S/C15H23NO2/c1-17-13-9-10-15(18-2)14(11-13)16-12-7-5-3-4-6-8-12/h9-12,16H,3-8H2,1-2H3. The van der Waals surface area contributed by atoms with E-state index in [1.807, 2.05) is 18.2 Å². The van der Waals surface area contributed by atoms with Crippen LogP contribution in [0.1, 0.15) is 38.5 Å². The van der Waals surface area contributed by atoms with Crippen molar-refractivity contribution in [2.75, 3.05) is 19.5 Å². The van der Waals surface area contributed by atoms with E-state index in [1.165, 1.54) is 38.5 Å². The molecule has 0 saturated heterocycles. The van der Waals surface area contributed by atoms with Gasteiger partial charge in [0.25, 0.3) is 0 Å². The van der Waals surface area contributed by atoms with Crippen LogP contribution >= 0.6 is 0 Å². The van der Waals surface area contributed by atoms with E-state index in [0.29, 0.717) is 6.04 Å². The van der Waals surface area contributed by atoms with E-state index in [2.05, 4.69) is 5.32 Å². The second kappa shape index (κ2) is 6.53. The Balaban J connectivity index is 2.10. The zero-order valence-corrected chi connectivity index (χ0v) is 11.4. The van der Waals surface area contributed by atoms with Crippen LogP contribution < -0.4 is 14.8 Å². The molecule has 3 nitrogen and oxygen atoms in total. The van der Waals surface area contributed by atoms with Crippen LogP contribution in [0.25, 0.3) is 0 Å². The highest BCUT2D eigenvalue weighted by Gasteiger charge is 2.14. The SMILES string of the molecule is COc1ccc(OC)c(NC2CCCCCC2)c1. The fourth-order valence-corrected chi connectivity index (χ4v) is 2.57. The van der Waals surface area contributed by atoms with Gasteiger partial charge in [0.2, 0.25) is 0 Å². The summed E-state index contributed by atoms with van der Waals surface area (Å²) < 4.78 is 10.7. The largest absolute Gasteiger partial charge is 0.497 e. The van der Waals surface area contributed by atoms with Gasteiger partial charge < -0.3 is 14.8 Å². The van der Waals surface area contributed by atoms with Gasteiger partial charge in [-0.25, -0.2) is 0 Å². The summed E-state index contributed by atoms with van der Waals surface area (Å²) in [6, 6.07) is 6.46. The van der Waals surface area contributed by atoms with Gasteiger partial charge in [0.1, 0.15) is 11.5 Å². The van der Waals surface area contributed by atoms with Gasteiger partial charge >= 0.3 is 0 Å². The summed E-state index contributed by atoms with van der Waals surface area (Å²) in [5.41, 5.74) is 1.05. The molecule has 1 aliphatic carbocycles. The molecular weight excluding hydrogens is 226 g/mol. The van der Waals surface area contributed by atoms with Crippen LogP contribution in [-0.4, -0.2) is 20.3 Å². The lowest BCUT2D eigenvalue weighted by atomic mass is 10.1. The number of ether oxygens (including phenoxy) is 2. The molecule has 18 heavy (non-hydrogen) atoms. The molecule has 0 spiro atoms. The maximum atomic E-state index is 5.40. The van der Waals surface area contributed by atoms with Gasteiger partial charge in [-0.2, -0.15) is 0 Å². The first-order valence-corrected chi connectivity index (χ1v) is 6.82. The maximum Gasteiger partial charge on any atom is 0.142 e. The number of nitrogens with one attached hydrogen (secondary N) is 1. The molecule has 0 unspecified atom stereocenters. The van der Waals surface area contributed by atoms with Crippen molar-refractivity contribution < 1.29 is 9.47 Å². The van der Waals surface area contributed by atoms with Crippen molar-refractivity contribution in [1.29, 1.82) is 0 Å². The lowest BCUT2D eigenvalue weighted by molar-refractivity contribution is 0.404. The minimum Gasteiger partial charge on any atom is -0.497 e. The molecule has 1 aliphatic rings. The summed E-state index contributed by atoms with van der Waals surface area (Å²) in [5, 5.41) is 3.61. The summed E-state index contributed by atoms with van der Waals surface area (Å²) >= 11 is 0. The molecule has 0 heterocycles. The normalized spacial score (nSPS) is 17.0. The molecule has 0 atom stereocenters. The van der Waals surface area contributed by atoms with Crippen LogP contribution in [0.15, 0.2) is 18.2 Å². The van der Waals surface area contributed by atoms with E-state index >= 15 is 0 Å². The third-order valence-corrected chi connectivity index (χ3v) is 3.62. The summed E-state index contributed by atoms with van der Waals surface area (Å²) in [4.78, 5) is 0. The molecule has 1 aromatic carbocycles. The molecule has 1 N–H and O–H groups in total. The molecule has 3 heteroatoms. The van der Waals surface area contributed by atoms with Crippen molar-refractivity contribution in [1.82, 2.24) is 0 Å². The van der Waals surface area contributed by atoms with Crippen LogP contribution in [-0.2, 0) is 0 Å². The number of anilines is 1. The van der Waals surface area contributed by atoms with Gasteiger partial charge in [0.15, 0.2) is 0 Å². The third kappa shape index (κ3) is 3.31. The van der Waals surface area contributed by atoms with Gasteiger partial charge in [0.05, 0.1) is 19.9 Å². The fraction of sp³-hybridized carbons (Fsp3) is 0.600. The average Bonchev–Trinajstić information content (AvgIpc) is 2.67. The van der Waals surface area contributed by atoms with Crippen molar-refractivity contribution in [3.8, 4) is 11.5 Å². The molecule has 0 radical (unpaired) electrons. The van der Waals surface area contributed by atoms with Gasteiger partial charge in [-0.05, 0) is 25.0 Å². The van der Waals surface area contributed by atoms with Crippen LogP contribution in [0.2, 0.25) is 0 Å². The third-order valence-electron chi connectivity index (χ3n) is 3.62. The molecule has 1 saturated carbocycles. The zero-order chi connectivity index (χ0) is 12.8. The minimum atomic E-state index is 0.563. The quantitative estimate of drug-likeness (QED) is 0.822. The molecule has 1 aromatic rings. The fourth-order valence-electron chi connectivity index (χ4n) is 2.57. The first-order valence-electron chi connectivity index (χ1n) is 6.82. The minimum absolute atomic E-state index is 0.563. The molecular formula is C15H23NO2. The molecule has 0 amide bonds. The van der Waals surface area contributed by atoms with Crippen LogP contribution in [0.5, 0.6) is 11.5 Å². The van der Waals surface area contributed by atoms with Crippen LogP contribution in [0, 0.1) is 0 Å². The molecule has 0 aromatic heterocycles. The van der Waals surface area contributed by atoms with Crippen molar-refractivity contribution >= 4 is 5.69 Å². The summed E-state index contributed by atoms with van der Waals surface area (Å²) in [7, 11) is 3.40. The van der Waals surface area contributed by atoms with Gasteiger partial charge in [-0.15, -0.1) is 0 Å². The van der Waals surface area contributed by atoms with Crippen molar-refractivity contribution in [3.05, 3.63) is 18.2 Å².